The van der Waals surface area contributed by atoms with Crippen molar-refractivity contribution in [3.8, 4) is 6.07 Å². The van der Waals surface area contributed by atoms with E-state index in [1.54, 1.807) is 4.90 Å². The van der Waals surface area contributed by atoms with Crippen molar-refractivity contribution in [3.63, 3.8) is 0 Å². The predicted molar refractivity (Wildman–Crippen MR) is 124 cm³/mol. The van der Waals surface area contributed by atoms with Crippen LogP contribution in [0.5, 0.6) is 0 Å². The summed E-state index contributed by atoms with van der Waals surface area (Å²) >= 11 is 0. The fourth-order valence-electron chi connectivity index (χ4n) is 3.79. The van der Waals surface area contributed by atoms with E-state index in [1.165, 1.54) is 11.1 Å². The summed E-state index contributed by atoms with van der Waals surface area (Å²) in [6.45, 7) is 6.93. The van der Waals surface area contributed by atoms with Gasteiger partial charge in [0.05, 0.1) is 11.6 Å². The van der Waals surface area contributed by atoms with Crippen molar-refractivity contribution >= 4 is 29.0 Å². The van der Waals surface area contributed by atoms with Crippen LogP contribution in [0, 0.1) is 11.3 Å². The van der Waals surface area contributed by atoms with Crippen molar-refractivity contribution in [2.45, 2.75) is 39.3 Å². The molecule has 4 rings (SSSR count). The topological polar surface area (TPSA) is 53.3 Å². The highest BCUT2D eigenvalue weighted by Gasteiger charge is 2.25. The van der Waals surface area contributed by atoms with Gasteiger partial charge in [-0.15, -0.1) is 0 Å². The van der Waals surface area contributed by atoms with Crippen molar-refractivity contribution in [1.29, 1.82) is 5.26 Å². The first kappa shape index (κ1) is 20.7. The molecule has 156 valence electrons. The van der Waals surface area contributed by atoms with Crippen molar-refractivity contribution in [1.82, 2.24) is 4.90 Å². The Morgan fingerprint density at radius 3 is 2.39 bits per heavy atom. The van der Waals surface area contributed by atoms with Crippen molar-refractivity contribution in [3.05, 3.63) is 82.4 Å². The molecule has 3 aromatic rings. The molecule has 1 aliphatic heterocycles. The van der Waals surface area contributed by atoms with Gasteiger partial charge in [0.25, 0.3) is 0 Å². The highest BCUT2D eigenvalue weighted by molar-refractivity contribution is 5.87. The highest BCUT2D eigenvalue weighted by atomic mass is 16.6. The monoisotopic (exact) mass is 410 g/mol. The van der Waals surface area contributed by atoms with E-state index >= 15 is 0 Å². The lowest BCUT2D eigenvalue weighted by Crippen LogP contribution is -2.39. The second-order valence-electron chi connectivity index (χ2n) is 8.95. The summed E-state index contributed by atoms with van der Waals surface area (Å²) in [5.74, 6) is 0. The molecule has 4 heteroatoms. The van der Waals surface area contributed by atoms with E-state index < -0.39 is 5.60 Å². The number of ether oxygens (including phenoxy) is 1. The number of carbonyl (C=O) groups is 1. The number of carbonyl (C=O) groups excluding carboxylic acids is 1. The molecule has 1 amide bonds. The van der Waals surface area contributed by atoms with Crippen LogP contribution in [0.2, 0.25) is 0 Å². The standard InChI is InChI=1S/C27H26N2O2/c1-27(2,3)31-26(30)29-13-12-24-15-20(7-11-25(24)18-29)5-4-19-6-9-23-16-21(17-28)8-10-22(23)14-19/h4-11,14-16H,12-13,18H2,1-3H3/b5-4+. The maximum Gasteiger partial charge on any atom is 0.410 e. The van der Waals surface area contributed by atoms with E-state index in [0.29, 0.717) is 18.7 Å². The maximum atomic E-state index is 12.4. The van der Waals surface area contributed by atoms with Crippen LogP contribution in [0.25, 0.3) is 22.9 Å². The van der Waals surface area contributed by atoms with Gasteiger partial charge in [-0.2, -0.15) is 5.26 Å². The van der Waals surface area contributed by atoms with Crippen LogP contribution >= 0.6 is 0 Å². The van der Waals surface area contributed by atoms with E-state index in [4.69, 9.17) is 10.00 Å². The van der Waals surface area contributed by atoms with Crippen molar-refractivity contribution < 1.29 is 9.53 Å². The van der Waals surface area contributed by atoms with Crippen LogP contribution in [-0.2, 0) is 17.7 Å². The molecular weight excluding hydrogens is 384 g/mol. The van der Waals surface area contributed by atoms with Crippen LogP contribution in [0.15, 0.2) is 54.6 Å². The third-order valence-corrected chi connectivity index (χ3v) is 5.36. The fraction of sp³-hybridized carbons (Fsp3) is 0.259. The lowest BCUT2D eigenvalue weighted by Gasteiger charge is -2.31. The van der Waals surface area contributed by atoms with Gasteiger partial charge in [-0.1, -0.05) is 48.6 Å². The lowest BCUT2D eigenvalue weighted by molar-refractivity contribution is 0.0224. The molecular formula is C27H26N2O2. The number of hydrogen-bond donors (Lipinski definition) is 0. The molecule has 0 aliphatic carbocycles. The zero-order valence-corrected chi connectivity index (χ0v) is 18.2. The second-order valence-corrected chi connectivity index (χ2v) is 8.95. The Bertz CT molecular complexity index is 1210. The number of fused-ring (bicyclic) bond motifs is 2. The Kier molecular flexibility index (Phi) is 5.52. The van der Waals surface area contributed by atoms with E-state index in [-0.39, 0.29) is 6.09 Å². The van der Waals surface area contributed by atoms with Gasteiger partial charge >= 0.3 is 6.09 Å². The molecule has 1 heterocycles. The lowest BCUT2D eigenvalue weighted by atomic mass is 9.97. The van der Waals surface area contributed by atoms with E-state index in [1.807, 2.05) is 45.0 Å². The Hall–Kier alpha value is -3.58. The molecule has 0 saturated carbocycles. The molecule has 0 saturated heterocycles. The minimum absolute atomic E-state index is 0.250. The molecule has 3 aromatic carbocycles. The van der Waals surface area contributed by atoms with Crippen LogP contribution in [0.1, 0.15) is 48.6 Å². The SMILES string of the molecule is CC(C)(C)OC(=O)N1CCc2cc(/C=C/c3ccc4cc(C#N)ccc4c3)ccc2C1. The number of hydrogen-bond acceptors (Lipinski definition) is 3. The molecule has 0 unspecified atom stereocenters. The molecule has 0 fully saturated rings. The van der Waals surface area contributed by atoms with Crippen LogP contribution < -0.4 is 0 Å². The highest BCUT2D eigenvalue weighted by Crippen LogP contribution is 2.24. The summed E-state index contributed by atoms with van der Waals surface area (Å²) in [5, 5.41) is 11.2. The molecule has 0 radical (unpaired) electrons. The summed E-state index contributed by atoms with van der Waals surface area (Å²) in [4.78, 5) is 14.1. The van der Waals surface area contributed by atoms with Gasteiger partial charge in [0.2, 0.25) is 0 Å². The summed E-state index contributed by atoms with van der Waals surface area (Å²) in [6, 6.07) is 20.6. The maximum absolute atomic E-state index is 12.4. The first-order valence-corrected chi connectivity index (χ1v) is 10.5. The number of nitriles is 1. The molecule has 31 heavy (non-hydrogen) atoms. The Morgan fingerprint density at radius 2 is 1.65 bits per heavy atom. The van der Waals surface area contributed by atoms with Crippen molar-refractivity contribution in [2.24, 2.45) is 0 Å². The normalized spacial score (nSPS) is 13.8. The van der Waals surface area contributed by atoms with Gasteiger partial charge in [-0.25, -0.2) is 4.79 Å². The molecule has 0 aromatic heterocycles. The first-order valence-electron chi connectivity index (χ1n) is 10.5. The van der Waals surface area contributed by atoms with E-state index in [2.05, 4.69) is 48.6 Å². The number of amides is 1. The minimum atomic E-state index is -0.479. The average molecular weight is 411 g/mol. The van der Waals surface area contributed by atoms with E-state index in [9.17, 15) is 4.79 Å². The number of rotatable bonds is 2. The van der Waals surface area contributed by atoms with Crippen LogP contribution in [0.4, 0.5) is 4.79 Å². The van der Waals surface area contributed by atoms with Gasteiger partial charge in [-0.3, -0.25) is 0 Å². The fourth-order valence-corrected chi connectivity index (χ4v) is 3.79. The predicted octanol–water partition coefficient (Wildman–Crippen LogP) is 6.18. The zero-order chi connectivity index (χ0) is 22.0. The Balaban J connectivity index is 1.48. The quantitative estimate of drug-likeness (QED) is 0.474. The Morgan fingerprint density at radius 1 is 0.968 bits per heavy atom. The molecule has 0 N–H and O–H groups in total. The summed E-state index contributed by atoms with van der Waals surface area (Å²) in [6.07, 6.45) is 4.80. The summed E-state index contributed by atoms with van der Waals surface area (Å²) in [7, 11) is 0. The summed E-state index contributed by atoms with van der Waals surface area (Å²) in [5.41, 5.74) is 4.91. The van der Waals surface area contributed by atoms with Gasteiger partial charge in [0, 0.05) is 13.1 Å². The first-order chi connectivity index (χ1) is 14.8. The minimum Gasteiger partial charge on any atom is -0.444 e. The molecule has 0 atom stereocenters. The zero-order valence-electron chi connectivity index (χ0n) is 18.2. The van der Waals surface area contributed by atoms with Crippen LogP contribution in [0.3, 0.4) is 0 Å². The van der Waals surface area contributed by atoms with Gasteiger partial charge in [0.1, 0.15) is 5.60 Å². The molecule has 0 bridgehead atoms. The smallest absolute Gasteiger partial charge is 0.410 e. The van der Waals surface area contributed by atoms with Crippen LogP contribution in [-0.4, -0.2) is 23.1 Å². The summed E-state index contributed by atoms with van der Waals surface area (Å²) < 4.78 is 5.51. The van der Waals surface area contributed by atoms with Gasteiger partial charge in [0.15, 0.2) is 0 Å². The van der Waals surface area contributed by atoms with Gasteiger partial charge in [-0.05, 0) is 78.4 Å². The third kappa shape index (κ3) is 4.95. The largest absolute Gasteiger partial charge is 0.444 e. The third-order valence-electron chi connectivity index (χ3n) is 5.36. The van der Waals surface area contributed by atoms with E-state index in [0.717, 1.165) is 28.3 Å². The average Bonchev–Trinajstić information content (AvgIpc) is 2.75. The molecule has 4 nitrogen and oxygen atoms in total. The second kappa shape index (κ2) is 8.28. The number of benzene rings is 3. The Labute approximate surface area is 183 Å². The molecule has 1 aliphatic rings. The number of nitrogens with zero attached hydrogens (tertiary/aromatic N) is 2. The van der Waals surface area contributed by atoms with Gasteiger partial charge < -0.3 is 9.64 Å². The molecule has 0 spiro atoms. The van der Waals surface area contributed by atoms with Crippen molar-refractivity contribution in [2.75, 3.05) is 6.54 Å².